The van der Waals surface area contributed by atoms with E-state index in [9.17, 15) is 23.1 Å². The van der Waals surface area contributed by atoms with Crippen LogP contribution in [0.15, 0.2) is 18.5 Å². The zero-order valence-corrected chi connectivity index (χ0v) is 12.6. The Morgan fingerprint density at radius 3 is 2.58 bits per heavy atom. The van der Waals surface area contributed by atoms with Crippen LogP contribution in [0.2, 0.25) is 0 Å². The van der Waals surface area contributed by atoms with Gasteiger partial charge in [0.15, 0.2) is 5.69 Å². The van der Waals surface area contributed by atoms with E-state index >= 15 is 0 Å². The maximum absolute atomic E-state index is 13.4. The van der Waals surface area contributed by atoms with Gasteiger partial charge in [-0.1, -0.05) is 0 Å². The average Bonchev–Trinajstić information content (AvgIpc) is 2.90. The van der Waals surface area contributed by atoms with E-state index in [1.54, 1.807) is 11.8 Å². The second-order valence-corrected chi connectivity index (χ2v) is 5.57. The van der Waals surface area contributed by atoms with Gasteiger partial charge in [-0.15, -0.1) is 0 Å². The van der Waals surface area contributed by atoms with Crippen LogP contribution in [0.5, 0.6) is 0 Å². The minimum atomic E-state index is -4.80. The second-order valence-electron chi connectivity index (χ2n) is 5.57. The summed E-state index contributed by atoms with van der Waals surface area (Å²) in [5, 5.41) is 13.0. The Morgan fingerprint density at radius 1 is 1.38 bits per heavy atom. The third kappa shape index (κ3) is 2.68. The molecule has 0 aromatic carbocycles. The number of aliphatic hydroxyl groups is 1. The molecule has 2 aromatic rings. The molecule has 1 saturated heterocycles. The monoisotopic (exact) mass is 341 g/mol. The van der Waals surface area contributed by atoms with E-state index in [1.807, 2.05) is 0 Å². The summed E-state index contributed by atoms with van der Waals surface area (Å²) in [6.45, 7) is 2.30. The first-order valence-corrected chi connectivity index (χ1v) is 7.03. The number of halogens is 3. The summed E-state index contributed by atoms with van der Waals surface area (Å²) in [5.74, 6) is -0.781. The quantitative estimate of drug-likeness (QED) is 0.864. The Kier molecular flexibility index (Phi) is 3.71. The van der Waals surface area contributed by atoms with E-state index in [0.29, 0.717) is 29.2 Å². The van der Waals surface area contributed by atoms with Crippen molar-refractivity contribution >= 4 is 11.7 Å². The van der Waals surface area contributed by atoms with Crippen molar-refractivity contribution in [3.63, 3.8) is 0 Å². The topological polar surface area (TPSA) is 97.3 Å². The van der Waals surface area contributed by atoms with Crippen molar-refractivity contribution < 1.29 is 23.1 Å². The van der Waals surface area contributed by atoms with Gasteiger partial charge >= 0.3 is 6.18 Å². The van der Waals surface area contributed by atoms with Crippen molar-refractivity contribution in [3.8, 4) is 5.69 Å². The third-order valence-corrected chi connectivity index (χ3v) is 3.78. The highest BCUT2D eigenvalue weighted by Crippen LogP contribution is 2.34. The molecule has 3 N–H and O–H groups in total. The van der Waals surface area contributed by atoms with E-state index in [1.165, 1.54) is 12.3 Å². The fourth-order valence-electron chi connectivity index (χ4n) is 2.53. The number of hydrogen-bond donors (Lipinski definition) is 2. The van der Waals surface area contributed by atoms with E-state index in [4.69, 9.17) is 5.73 Å². The summed E-state index contributed by atoms with van der Waals surface area (Å²) < 4.78 is 40.8. The molecule has 1 aliphatic heterocycles. The van der Waals surface area contributed by atoms with Gasteiger partial charge in [-0.25, -0.2) is 9.67 Å². The number of amides is 1. The standard InChI is InChI=1S/C14H14F3N5O2/c1-7-3-19-11(21-5-8(23)6-21)2-10(7)22-12(14(15,16)17)9(4-20-22)13(18)24/h2-4,8,23H,5-6H2,1H3,(H2,18,24). The number of anilines is 1. The van der Waals surface area contributed by atoms with Gasteiger partial charge in [-0.2, -0.15) is 18.3 Å². The lowest BCUT2D eigenvalue weighted by Crippen LogP contribution is -2.51. The molecule has 10 heteroatoms. The number of alkyl halides is 3. The first kappa shape index (κ1) is 16.2. The minimum absolute atomic E-state index is 0.140. The first-order chi connectivity index (χ1) is 11.2. The predicted octanol–water partition coefficient (Wildman–Crippen LogP) is 0.874. The molecule has 0 aliphatic carbocycles. The average molecular weight is 341 g/mol. The molecular formula is C14H14F3N5O2. The number of aromatic nitrogens is 3. The number of nitrogens with zero attached hydrogens (tertiary/aromatic N) is 4. The molecule has 0 bridgehead atoms. The smallest absolute Gasteiger partial charge is 0.389 e. The lowest BCUT2D eigenvalue weighted by Gasteiger charge is -2.37. The fraction of sp³-hybridized carbons (Fsp3) is 0.357. The van der Waals surface area contributed by atoms with Crippen molar-refractivity contribution in [3.05, 3.63) is 35.3 Å². The molecular weight excluding hydrogens is 327 g/mol. The Hall–Kier alpha value is -2.62. The van der Waals surface area contributed by atoms with Gasteiger partial charge in [-0.05, 0) is 12.5 Å². The minimum Gasteiger partial charge on any atom is -0.389 e. The molecule has 0 spiro atoms. The summed E-state index contributed by atoms with van der Waals surface area (Å²) in [6.07, 6.45) is -3.06. The van der Waals surface area contributed by atoms with Crippen molar-refractivity contribution in [2.24, 2.45) is 5.73 Å². The molecule has 3 rings (SSSR count). The van der Waals surface area contributed by atoms with Crippen LogP contribution in [0.1, 0.15) is 21.6 Å². The SMILES string of the molecule is Cc1cnc(N2CC(O)C2)cc1-n1ncc(C(N)=O)c1C(F)(F)F. The van der Waals surface area contributed by atoms with Gasteiger partial charge in [0.05, 0.1) is 23.6 Å². The second kappa shape index (κ2) is 5.48. The fourth-order valence-corrected chi connectivity index (χ4v) is 2.53. The molecule has 7 nitrogen and oxygen atoms in total. The molecule has 1 aliphatic rings. The molecule has 3 heterocycles. The van der Waals surface area contributed by atoms with Crippen molar-refractivity contribution in [2.75, 3.05) is 18.0 Å². The number of primary amides is 1. The van der Waals surface area contributed by atoms with E-state index in [0.717, 1.165) is 6.20 Å². The first-order valence-electron chi connectivity index (χ1n) is 7.03. The largest absolute Gasteiger partial charge is 0.434 e. The summed E-state index contributed by atoms with van der Waals surface area (Å²) in [7, 11) is 0. The summed E-state index contributed by atoms with van der Waals surface area (Å²) >= 11 is 0. The summed E-state index contributed by atoms with van der Waals surface area (Å²) in [6, 6.07) is 1.44. The normalized spacial score (nSPS) is 15.5. The number of β-amino-alcohol motifs (C(OH)–C–C–N with tert-alkyl or cyclic N) is 1. The number of pyridine rings is 1. The lowest BCUT2D eigenvalue weighted by molar-refractivity contribution is -0.143. The van der Waals surface area contributed by atoms with E-state index in [-0.39, 0.29) is 5.69 Å². The molecule has 24 heavy (non-hydrogen) atoms. The predicted molar refractivity (Wildman–Crippen MR) is 77.8 cm³/mol. The lowest BCUT2D eigenvalue weighted by atomic mass is 10.1. The number of aryl methyl sites for hydroxylation is 1. The Balaban J connectivity index is 2.12. The van der Waals surface area contributed by atoms with Crippen LogP contribution in [-0.2, 0) is 6.18 Å². The number of aliphatic hydroxyl groups excluding tert-OH is 1. The number of carbonyl (C=O) groups is 1. The maximum atomic E-state index is 13.4. The van der Waals surface area contributed by atoms with Crippen LogP contribution in [-0.4, -0.2) is 45.0 Å². The highest BCUT2D eigenvalue weighted by atomic mass is 19.4. The zero-order chi connectivity index (χ0) is 17.6. The van der Waals surface area contributed by atoms with Gasteiger partial charge in [0.1, 0.15) is 5.82 Å². The van der Waals surface area contributed by atoms with E-state index < -0.39 is 29.4 Å². The number of hydrogen-bond acceptors (Lipinski definition) is 5. The number of carbonyl (C=O) groups excluding carboxylic acids is 1. The van der Waals surface area contributed by atoms with Gasteiger partial charge in [0.2, 0.25) is 0 Å². The van der Waals surface area contributed by atoms with Gasteiger partial charge in [-0.3, -0.25) is 4.79 Å². The number of rotatable bonds is 3. The molecule has 1 amide bonds. The van der Waals surface area contributed by atoms with Gasteiger partial charge in [0.25, 0.3) is 5.91 Å². The molecule has 2 aromatic heterocycles. The molecule has 0 unspecified atom stereocenters. The summed E-state index contributed by atoms with van der Waals surface area (Å²) in [4.78, 5) is 17.2. The van der Waals surface area contributed by atoms with Crippen LogP contribution in [0.4, 0.5) is 19.0 Å². The molecule has 0 atom stereocenters. The van der Waals surface area contributed by atoms with Crippen LogP contribution >= 0.6 is 0 Å². The van der Waals surface area contributed by atoms with Crippen LogP contribution in [0.3, 0.4) is 0 Å². The maximum Gasteiger partial charge on any atom is 0.434 e. The third-order valence-electron chi connectivity index (χ3n) is 3.78. The van der Waals surface area contributed by atoms with Gasteiger partial charge in [0, 0.05) is 25.4 Å². The molecule has 128 valence electrons. The van der Waals surface area contributed by atoms with Crippen molar-refractivity contribution in [1.29, 1.82) is 0 Å². The number of nitrogens with two attached hydrogens (primary N) is 1. The Bertz CT molecular complexity index is 796. The van der Waals surface area contributed by atoms with E-state index in [2.05, 4.69) is 10.1 Å². The Labute approximate surface area is 134 Å². The Morgan fingerprint density at radius 2 is 2.04 bits per heavy atom. The van der Waals surface area contributed by atoms with Gasteiger partial charge < -0.3 is 15.7 Å². The summed E-state index contributed by atoms with van der Waals surface area (Å²) in [5.41, 5.74) is 3.69. The highest BCUT2D eigenvalue weighted by molar-refractivity contribution is 5.94. The molecule has 0 radical (unpaired) electrons. The highest BCUT2D eigenvalue weighted by Gasteiger charge is 2.40. The van der Waals surface area contributed by atoms with Crippen LogP contribution in [0, 0.1) is 6.92 Å². The molecule has 1 fully saturated rings. The van der Waals surface area contributed by atoms with Crippen LogP contribution in [0.25, 0.3) is 5.69 Å². The molecule has 0 saturated carbocycles. The van der Waals surface area contributed by atoms with Crippen molar-refractivity contribution in [1.82, 2.24) is 14.8 Å². The van der Waals surface area contributed by atoms with Crippen molar-refractivity contribution in [2.45, 2.75) is 19.2 Å². The zero-order valence-electron chi connectivity index (χ0n) is 12.6. The van der Waals surface area contributed by atoms with Crippen LogP contribution < -0.4 is 10.6 Å².